The van der Waals surface area contributed by atoms with Gasteiger partial charge in [0, 0.05) is 6.04 Å². The van der Waals surface area contributed by atoms with E-state index in [4.69, 9.17) is 4.42 Å². The minimum absolute atomic E-state index is 0.375. The molecule has 0 atom stereocenters. The number of rotatable bonds is 3. The van der Waals surface area contributed by atoms with Gasteiger partial charge in [-0.25, -0.2) is 0 Å². The quantitative estimate of drug-likeness (QED) is 0.599. The Hall–Kier alpha value is -2.50. The van der Waals surface area contributed by atoms with Crippen molar-refractivity contribution in [3.05, 3.63) is 48.0 Å². The van der Waals surface area contributed by atoms with Crippen molar-refractivity contribution in [2.24, 2.45) is 0 Å². The smallest absolute Gasteiger partial charge is 0.416 e. The molecule has 0 saturated heterocycles. The molecule has 1 fully saturated rings. The van der Waals surface area contributed by atoms with Crippen LogP contribution in [0, 0.1) is 0 Å². The molecular formula is C20H19F3N2O. The lowest BCUT2D eigenvalue weighted by Gasteiger charge is -2.21. The van der Waals surface area contributed by atoms with Gasteiger partial charge in [-0.05, 0) is 48.2 Å². The zero-order chi connectivity index (χ0) is 18.1. The number of oxazole rings is 1. The second-order valence-electron chi connectivity index (χ2n) is 6.76. The highest BCUT2D eigenvalue weighted by Crippen LogP contribution is 2.33. The van der Waals surface area contributed by atoms with E-state index in [1.807, 2.05) is 0 Å². The number of aromatic nitrogens is 1. The first-order valence-electron chi connectivity index (χ1n) is 8.84. The zero-order valence-electron chi connectivity index (χ0n) is 14.1. The third kappa shape index (κ3) is 3.54. The van der Waals surface area contributed by atoms with Crippen LogP contribution < -0.4 is 5.32 Å². The molecule has 1 aliphatic carbocycles. The van der Waals surface area contributed by atoms with Crippen LogP contribution in [0.3, 0.4) is 0 Å². The van der Waals surface area contributed by atoms with E-state index in [9.17, 15) is 13.2 Å². The summed E-state index contributed by atoms with van der Waals surface area (Å²) in [5.41, 5.74) is 1.79. The molecule has 1 N–H and O–H groups in total. The van der Waals surface area contributed by atoms with E-state index in [-0.39, 0.29) is 0 Å². The second kappa shape index (κ2) is 6.67. The van der Waals surface area contributed by atoms with Gasteiger partial charge < -0.3 is 9.73 Å². The summed E-state index contributed by atoms with van der Waals surface area (Å²) in [6, 6.07) is 11.4. The second-order valence-corrected chi connectivity index (χ2v) is 6.76. The Morgan fingerprint density at radius 3 is 2.50 bits per heavy atom. The Morgan fingerprint density at radius 1 is 0.962 bits per heavy atom. The summed E-state index contributed by atoms with van der Waals surface area (Å²) in [6.45, 7) is 0. The van der Waals surface area contributed by atoms with Gasteiger partial charge in [0.15, 0.2) is 5.58 Å². The fraction of sp³-hybridized carbons (Fsp3) is 0.350. The van der Waals surface area contributed by atoms with Crippen LogP contribution in [-0.2, 0) is 6.18 Å². The van der Waals surface area contributed by atoms with Crippen LogP contribution in [0.4, 0.5) is 19.2 Å². The van der Waals surface area contributed by atoms with E-state index in [2.05, 4.69) is 10.3 Å². The zero-order valence-corrected chi connectivity index (χ0v) is 14.1. The number of alkyl halides is 3. The van der Waals surface area contributed by atoms with Crippen LogP contribution in [0.5, 0.6) is 0 Å². The Morgan fingerprint density at radius 2 is 1.73 bits per heavy atom. The number of fused-ring (bicyclic) bond motifs is 1. The van der Waals surface area contributed by atoms with Gasteiger partial charge in [0.1, 0.15) is 5.52 Å². The van der Waals surface area contributed by atoms with E-state index < -0.39 is 11.7 Å². The summed E-state index contributed by atoms with van der Waals surface area (Å²) >= 11 is 0. The van der Waals surface area contributed by atoms with Crippen LogP contribution in [0.15, 0.2) is 46.9 Å². The van der Waals surface area contributed by atoms with E-state index in [1.165, 1.54) is 25.3 Å². The van der Waals surface area contributed by atoms with E-state index in [0.717, 1.165) is 25.0 Å². The van der Waals surface area contributed by atoms with Crippen molar-refractivity contribution in [3.63, 3.8) is 0 Å². The molecule has 2 aromatic carbocycles. The molecule has 4 rings (SSSR count). The van der Waals surface area contributed by atoms with Gasteiger partial charge in [-0.15, -0.1) is 0 Å². The number of benzene rings is 2. The Bertz CT molecular complexity index is 911. The van der Waals surface area contributed by atoms with Crippen molar-refractivity contribution in [1.82, 2.24) is 4.98 Å². The van der Waals surface area contributed by atoms with Crippen molar-refractivity contribution in [2.45, 2.75) is 44.3 Å². The van der Waals surface area contributed by atoms with Crippen molar-refractivity contribution in [1.29, 1.82) is 0 Å². The molecule has 0 spiro atoms. The molecule has 1 heterocycles. The minimum Gasteiger partial charge on any atom is -0.424 e. The van der Waals surface area contributed by atoms with Gasteiger partial charge in [0.05, 0.1) is 5.56 Å². The average Bonchev–Trinajstić information content (AvgIpc) is 3.03. The number of hydrogen-bond acceptors (Lipinski definition) is 3. The van der Waals surface area contributed by atoms with E-state index >= 15 is 0 Å². The molecule has 1 aromatic heterocycles. The van der Waals surface area contributed by atoms with Gasteiger partial charge in [-0.1, -0.05) is 37.5 Å². The SMILES string of the molecule is FC(F)(F)c1cccc(-c2ccc3oc(NC4CCCCC4)nc3c2)c1. The fourth-order valence-electron chi connectivity index (χ4n) is 3.47. The summed E-state index contributed by atoms with van der Waals surface area (Å²) in [7, 11) is 0. The molecule has 3 aromatic rings. The van der Waals surface area contributed by atoms with Crippen molar-refractivity contribution < 1.29 is 17.6 Å². The monoisotopic (exact) mass is 360 g/mol. The molecule has 1 aliphatic rings. The molecule has 1 saturated carbocycles. The number of nitrogens with zero attached hydrogens (tertiary/aromatic N) is 1. The number of halogens is 3. The van der Waals surface area contributed by atoms with Crippen molar-refractivity contribution >= 4 is 17.1 Å². The first-order chi connectivity index (χ1) is 12.5. The molecule has 3 nitrogen and oxygen atoms in total. The molecule has 0 radical (unpaired) electrons. The van der Waals surface area contributed by atoms with Crippen LogP contribution >= 0.6 is 0 Å². The Kier molecular flexibility index (Phi) is 4.34. The highest BCUT2D eigenvalue weighted by molar-refractivity contribution is 5.81. The van der Waals surface area contributed by atoms with Gasteiger partial charge in [-0.3, -0.25) is 0 Å². The molecule has 136 valence electrons. The number of nitrogens with one attached hydrogen (secondary N) is 1. The lowest BCUT2D eigenvalue weighted by molar-refractivity contribution is -0.137. The third-order valence-corrected chi connectivity index (χ3v) is 4.84. The highest BCUT2D eigenvalue weighted by Gasteiger charge is 2.30. The van der Waals surface area contributed by atoms with Gasteiger partial charge in [0.2, 0.25) is 0 Å². The van der Waals surface area contributed by atoms with Crippen LogP contribution in [0.25, 0.3) is 22.2 Å². The van der Waals surface area contributed by atoms with Gasteiger partial charge in [-0.2, -0.15) is 18.2 Å². The maximum Gasteiger partial charge on any atom is 0.416 e. The normalized spacial score (nSPS) is 16.1. The Balaban J connectivity index is 1.61. The molecule has 0 bridgehead atoms. The highest BCUT2D eigenvalue weighted by atomic mass is 19.4. The van der Waals surface area contributed by atoms with Crippen molar-refractivity contribution in [2.75, 3.05) is 5.32 Å². The van der Waals surface area contributed by atoms with Crippen molar-refractivity contribution in [3.8, 4) is 11.1 Å². The molecule has 6 heteroatoms. The maximum atomic E-state index is 12.9. The number of anilines is 1. The predicted octanol–water partition coefficient (Wildman–Crippen LogP) is 6.26. The van der Waals surface area contributed by atoms with Crippen LogP contribution in [-0.4, -0.2) is 11.0 Å². The van der Waals surface area contributed by atoms with Gasteiger partial charge in [0.25, 0.3) is 6.01 Å². The third-order valence-electron chi connectivity index (χ3n) is 4.84. The molecular weight excluding hydrogens is 341 g/mol. The van der Waals surface area contributed by atoms with Crippen LogP contribution in [0.2, 0.25) is 0 Å². The summed E-state index contributed by atoms with van der Waals surface area (Å²) < 4.78 is 44.5. The van der Waals surface area contributed by atoms with E-state index in [0.29, 0.717) is 34.3 Å². The average molecular weight is 360 g/mol. The number of hydrogen-bond donors (Lipinski definition) is 1. The molecule has 0 amide bonds. The Labute approximate surface area is 149 Å². The molecule has 0 unspecified atom stereocenters. The summed E-state index contributed by atoms with van der Waals surface area (Å²) in [6.07, 6.45) is 1.54. The summed E-state index contributed by atoms with van der Waals surface area (Å²) in [5, 5.41) is 3.33. The van der Waals surface area contributed by atoms with Gasteiger partial charge >= 0.3 is 6.18 Å². The lowest BCUT2D eigenvalue weighted by atomic mass is 9.96. The first kappa shape index (κ1) is 16.9. The van der Waals surface area contributed by atoms with Crippen LogP contribution in [0.1, 0.15) is 37.7 Å². The summed E-state index contributed by atoms with van der Waals surface area (Å²) in [5.74, 6) is 0. The standard InChI is InChI=1S/C20H19F3N2O/c21-20(22,23)15-6-4-5-13(11-15)14-9-10-18-17(12-14)25-19(26-18)24-16-7-2-1-3-8-16/h4-6,9-12,16H,1-3,7-8H2,(H,24,25). The minimum atomic E-state index is -4.36. The van der Waals surface area contributed by atoms with E-state index in [1.54, 1.807) is 24.3 Å². The maximum absolute atomic E-state index is 12.9. The fourth-order valence-corrected chi connectivity index (χ4v) is 3.47. The molecule has 0 aliphatic heterocycles. The molecule has 26 heavy (non-hydrogen) atoms. The first-order valence-corrected chi connectivity index (χ1v) is 8.84. The summed E-state index contributed by atoms with van der Waals surface area (Å²) in [4.78, 5) is 4.46. The lowest BCUT2D eigenvalue weighted by Crippen LogP contribution is -2.22. The largest absolute Gasteiger partial charge is 0.424 e. The topological polar surface area (TPSA) is 38.1 Å². The predicted molar refractivity (Wildman–Crippen MR) is 94.9 cm³/mol.